The predicted molar refractivity (Wildman–Crippen MR) is 109 cm³/mol. The summed E-state index contributed by atoms with van der Waals surface area (Å²) in [6, 6.07) is 17.2. The molecule has 0 bridgehead atoms. The van der Waals surface area contributed by atoms with Gasteiger partial charge >= 0.3 is 0 Å². The summed E-state index contributed by atoms with van der Waals surface area (Å²) in [6.45, 7) is 4.96. The first-order valence-corrected chi connectivity index (χ1v) is 9.84. The molecule has 1 aromatic heterocycles. The highest BCUT2D eigenvalue weighted by atomic mass is 35.5. The van der Waals surface area contributed by atoms with Crippen molar-refractivity contribution < 1.29 is 4.79 Å². The van der Waals surface area contributed by atoms with Crippen LogP contribution in [0.25, 0.3) is 10.9 Å². The molecule has 0 radical (unpaired) electrons. The van der Waals surface area contributed by atoms with Crippen molar-refractivity contribution in [2.45, 2.75) is 30.2 Å². The highest BCUT2D eigenvalue weighted by Crippen LogP contribution is 2.31. The van der Waals surface area contributed by atoms with Gasteiger partial charge in [-0.3, -0.25) is 4.79 Å². The number of fused-ring (bicyclic) bond motifs is 1. The molecule has 1 N–H and O–H groups in total. The number of carbonyl (C=O) groups excluding carboxylic acids is 1. The monoisotopic (exact) mass is 384 g/mol. The van der Waals surface area contributed by atoms with E-state index in [1.165, 1.54) is 11.8 Å². The van der Waals surface area contributed by atoms with Crippen LogP contribution in [0.2, 0.25) is 5.02 Å². The molecule has 5 heteroatoms. The summed E-state index contributed by atoms with van der Waals surface area (Å²) in [7, 11) is 0. The number of para-hydroxylation sites is 1. The minimum absolute atomic E-state index is 0.0582. The zero-order valence-electron chi connectivity index (χ0n) is 14.8. The molecule has 0 aliphatic rings. The zero-order chi connectivity index (χ0) is 18.5. The fourth-order valence-corrected chi connectivity index (χ4v) is 3.76. The van der Waals surface area contributed by atoms with E-state index in [-0.39, 0.29) is 5.91 Å². The number of nitrogens with zero attached hydrogens (tertiary/aromatic N) is 1. The van der Waals surface area contributed by atoms with Crippen molar-refractivity contribution in [3.05, 3.63) is 65.2 Å². The van der Waals surface area contributed by atoms with Gasteiger partial charge in [-0.1, -0.05) is 61.5 Å². The van der Waals surface area contributed by atoms with Crippen LogP contribution in [0.15, 0.2) is 64.5 Å². The fraction of sp³-hybridized carbons (Fsp3) is 0.238. The highest BCUT2D eigenvalue weighted by Gasteiger charge is 2.13. The number of rotatable bonds is 6. The summed E-state index contributed by atoms with van der Waals surface area (Å²) in [5.41, 5.74) is 1.47. The topological polar surface area (TPSA) is 42.0 Å². The molecule has 0 saturated carbocycles. The van der Waals surface area contributed by atoms with E-state index in [0.717, 1.165) is 27.2 Å². The Balaban J connectivity index is 1.92. The van der Waals surface area contributed by atoms with E-state index in [0.29, 0.717) is 23.0 Å². The van der Waals surface area contributed by atoms with Gasteiger partial charge in [-0.2, -0.15) is 0 Å². The van der Waals surface area contributed by atoms with Crippen molar-refractivity contribution >= 4 is 40.2 Å². The summed E-state index contributed by atoms with van der Waals surface area (Å²) in [5.74, 6) is 0.496. The molecule has 3 rings (SSSR count). The molecule has 0 fully saturated rings. The van der Waals surface area contributed by atoms with Crippen molar-refractivity contribution in [3.8, 4) is 0 Å². The molecule has 2 aromatic carbocycles. The van der Waals surface area contributed by atoms with Crippen molar-refractivity contribution in [2.75, 3.05) is 6.54 Å². The zero-order valence-corrected chi connectivity index (χ0v) is 16.4. The summed E-state index contributed by atoms with van der Waals surface area (Å²) in [6.07, 6.45) is 0.957. The van der Waals surface area contributed by atoms with E-state index < -0.39 is 0 Å². The second-order valence-corrected chi connectivity index (χ2v) is 8.05. The Kier molecular flexibility index (Phi) is 6.17. The standard InChI is InChI=1S/C21H21ClN2OS/c1-14(2)10-11-23-21(25)18-13-20(24-19-9-4-3-8-17(18)19)26-16-7-5-6-15(22)12-16/h3-9,12-14H,10-11H2,1-2H3,(H,23,25). The Hall–Kier alpha value is -2.04. The molecule has 26 heavy (non-hydrogen) atoms. The Morgan fingerprint density at radius 3 is 2.73 bits per heavy atom. The molecule has 3 aromatic rings. The van der Waals surface area contributed by atoms with Gasteiger partial charge in [0.05, 0.1) is 11.1 Å². The lowest BCUT2D eigenvalue weighted by Crippen LogP contribution is -2.25. The largest absolute Gasteiger partial charge is 0.352 e. The number of aromatic nitrogens is 1. The van der Waals surface area contributed by atoms with Gasteiger partial charge in [-0.25, -0.2) is 4.98 Å². The Morgan fingerprint density at radius 2 is 1.96 bits per heavy atom. The number of pyridine rings is 1. The fourth-order valence-electron chi connectivity index (χ4n) is 2.61. The maximum atomic E-state index is 12.7. The van der Waals surface area contributed by atoms with Crippen molar-refractivity contribution in [3.63, 3.8) is 0 Å². The molecule has 0 unspecified atom stereocenters. The summed E-state index contributed by atoms with van der Waals surface area (Å²) in [5, 5.41) is 5.35. The smallest absolute Gasteiger partial charge is 0.252 e. The molecule has 0 aliphatic heterocycles. The van der Waals surface area contributed by atoms with E-state index in [4.69, 9.17) is 16.6 Å². The number of benzene rings is 2. The third-order valence-electron chi connectivity index (χ3n) is 3.96. The maximum Gasteiger partial charge on any atom is 0.252 e. The van der Waals surface area contributed by atoms with E-state index in [1.54, 1.807) is 0 Å². The van der Waals surface area contributed by atoms with E-state index >= 15 is 0 Å². The quantitative estimate of drug-likeness (QED) is 0.582. The molecular weight excluding hydrogens is 364 g/mol. The van der Waals surface area contributed by atoms with Gasteiger partial charge in [0.1, 0.15) is 5.03 Å². The molecule has 0 spiro atoms. The molecule has 1 amide bonds. The molecule has 0 atom stereocenters. The number of hydrogen-bond acceptors (Lipinski definition) is 3. The number of amides is 1. The van der Waals surface area contributed by atoms with Gasteiger partial charge in [0, 0.05) is 21.8 Å². The normalized spacial score (nSPS) is 11.1. The molecule has 3 nitrogen and oxygen atoms in total. The average Bonchev–Trinajstić information content (AvgIpc) is 2.60. The van der Waals surface area contributed by atoms with Gasteiger partial charge in [0.25, 0.3) is 5.91 Å². The second kappa shape index (κ2) is 8.56. The van der Waals surface area contributed by atoms with Gasteiger partial charge in [-0.05, 0) is 42.7 Å². The predicted octanol–water partition coefficient (Wildman–Crippen LogP) is 5.82. The van der Waals surface area contributed by atoms with Crippen molar-refractivity contribution in [1.29, 1.82) is 0 Å². The number of nitrogens with one attached hydrogen (secondary N) is 1. The van der Waals surface area contributed by atoms with Gasteiger partial charge in [0.15, 0.2) is 0 Å². The first-order valence-electron chi connectivity index (χ1n) is 8.64. The SMILES string of the molecule is CC(C)CCNC(=O)c1cc(Sc2cccc(Cl)c2)nc2ccccc12. The van der Waals surface area contributed by atoms with Gasteiger partial charge in [0.2, 0.25) is 0 Å². The average molecular weight is 385 g/mol. The van der Waals surface area contributed by atoms with Gasteiger partial charge < -0.3 is 5.32 Å². The molecule has 0 aliphatic carbocycles. The van der Waals surface area contributed by atoms with Gasteiger partial charge in [-0.15, -0.1) is 0 Å². The lowest BCUT2D eigenvalue weighted by Gasteiger charge is -2.11. The third-order valence-corrected chi connectivity index (χ3v) is 5.11. The van der Waals surface area contributed by atoms with Crippen LogP contribution in [0, 0.1) is 5.92 Å². The first kappa shape index (κ1) is 18.7. The van der Waals surface area contributed by atoms with Crippen LogP contribution in [0.3, 0.4) is 0 Å². The van der Waals surface area contributed by atoms with Crippen LogP contribution in [-0.2, 0) is 0 Å². The molecule has 1 heterocycles. The van der Waals surface area contributed by atoms with Crippen LogP contribution in [0.5, 0.6) is 0 Å². The van der Waals surface area contributed by atoms with E-state index in [1.807, 2.05) is 54.6 Å². The Morgan fingerprint density at radius 1 is 1.15 bits per heavy atom. The lowest BCUT2D eigenvalue weighted by atomic mass is 10.1. The van der Waals surface area contributed by atoms with Crippen molar-refractivity contribution in [2.24, 2.45) is 5.92 Å². The van der Waals surface area contributed by atoms with E-state index in [9.17, 15) is 4.79 Å². The second-order valence-electron chi connectivity index (χ2n) is 6.52. The maximum absolute atomic E-state index is 12.7. The molecule has 134 valence electrons. The third kappa shape index (κ3) is 4.77. The molecule has 0 saturated heterocycles. The highest BCUT2D eigenvalue weighted by molar-refractivity contribution is 7.99. The summed E-state index contributed by atoms with van der Waals surface area (Å²) >= 11 is 7.57. The number of hydrogen-bond donors (Lipinski definition) is 1. The lowest BCUT2D eigenvalue weighted by molar-refractivity contribution is 0.0953. The molecular formula is C21H21ClN2OS. The van der Waals surface area contributed by atoms with Crippen LogP contribution in [-0.4, -0.2) is 17.4 Å². The summed E-state index contributed by atoms with van der Waals surface area (Å²) < 4.78 is 0. The minimum Gasteiger partial charge on any atom is -0.352 e. The van der Waals surface area contributed by atoms with Crippen LogP contribution in [0.4, 0.5) is 0 Å². The first-order chi connectivity index (χ1) is 12.5. The summed E-state index contributed by atoms with van der Waals surface area (Å²) in [4.78, 5) is 18.4. The van der Waals surface area contributed by atoms with Crippen LogP contribution < -0.4 is 5.32 Å². The Labute approximate surface area is 163 Å². The number of halogens is 1. The van der Waals surface area contributed by atoms with Crippen LogP contribution >= 0.6 is 23.4 Å². The van der Waals surface area contributed by atoms with E-state index in [2.05, 4.69) is 19.2 Å². The van der Waals surface area contributed by atoms with Crippen LogP contribution in [0.1, 0.15) is 30.6 Å². The number of carbonyl (C=O) groups is 1. The van der Waals surface area contributed by atoms with Crippen molar-refractivity contribution in [1.82, 2.24) is 10.3 Å². The minimum atomic E-state index is -0.0582. The Bertz CT molecular complexity index is 927.